The Kier molecular flexibility index (Phi) is 4.20. The van der Waals surface area contributed by atoms with Crippen molar-refractivity contribution in [2.24, 2.45) is 0 Å². The first kappa shape index (κ1) is 14.0. The Bertz CT molecular complexity index is 458. The molecular weight excluding hydrogens is 240 g/mol. The lowest BCUT2D eigenvalue weighted by Crippen LogP contribution is -2.29. The summed E-state index contributed by atoms with van der Waals surface area (Å²) in [6, 6.07) is 2.13. The van der Waals surface area contributed by atoms with Crippen molar-refractivity contribution in [3.8, 4) is 5.75 Å². The number of hydrogen-bond acceptors (Lipinski definition) is 4. The largest absolute Gasteiger partial charge is 0.485 e. The average molecular weight is 264 g/mol. The van der Waals surface area contributed by atoms with E-state index in [1.165, 1.54) is 5.56 Å². The molecule has 1 aromatic rings. The van der Waals surface area contributed by atoms with Gasteiger partial charge in [0, 0.05) is 0 Å². The maximum Gasteiger partial charge on any atom is 0.148 e. The second-order valence-electron chi connectivity index (χ2n) is 5.37. The Morgan fingerprint density at radius 2 is 2.11 bits per heavy atom. The summed E-state index contributed by atoms with van der Waals surface area (Å²) in [6.07, 6.45) is 3.12. The van der Waals surface area contributed by atoms with Gasteiger partial charge in [0.2, 0.25) is 0 Å². The Balaban J connectivity index is 2.18. The van der Waals surface area contributed by atoms with E-state index in [-0.39, 0.29) is 12.2 Å². The van der Waals surface area contributed by atoms with Gasteiger partial charge < -0.3 is 20.9 Å². The number of aryl methyl sites for hydroxylation is 2. The van der Waals surface area contributed by atoms with Crippen molar-refractivity contribution < 1.29 is 9.47 Å². The molecule has 0 spiro atoms. The maximum atomic E-state index is 6.11. The fraction of sp³-hybridized carbons (Fsp3) is 0.600. The summed E-state index contributed by atoms with van der Waals surface area (Å²) >= 11 is 0. The zero-order valence-electron chi connectivity index (χ0n) is 12.0. The standard InChI is InChI=1S/C15H24N2O2/c1-4-10-7-11-5-6-12(8-18-9(2)3)19-15(11)14(17)13(10)16/h7,9,12H,4-6,8,16-17H2,1-3H3. The zero-order valence-corrected chi connectivity index (χ0v) is 12.0. The van der Waals surface area contributed by atoms with Crippen molar-refractivity contribution in [3.63, 3.8) is 0 Å². The smallest absolute Gasteiger partial charge is 0.148 e. The van der Waals surface area contributed by atoms with E-state index in [0.29, 0.717) is 18.0 Å². The molecule has 0 fully saturated rings. The summed E-state index contributed by atoms with van der Waals surface area (Å²) in [5.74, 6) is 0.762. The van der Waals surface area contributed by atoms with E-state index < -0.39 is 0 Å². The van der Waals surface area contributed by atoms with Crippen LogP contribution in [0.15, 0.2) is 6.07 Å². The van der Waals surface area contributed by atoms with Crippen LogP contribution in [0.2, 0.25) is 0 Å². The summed E-state index contributed by atoms with van der Waals surface area (Å²) in [6.45, 7) is 6.74. The zero-order chi connectivity index (χ0) is 14.0. The van der Waals surface area contributed by atoms with Crippen molar-refractivity contribution in [3.05, 3.63) is 17.2 Å². The third kappa shape index (κ3) is 2.95. The normalized spacial score (nSPS) is 18.2. The minimum Gasteiger partial charge on any atom is -0.485 e. The number of nitrogen functional groups attached to an aromatic ring is 2. The third-order valence-electron chi connectivity index (χ3n) is 3.54. The molecule has 0 radical (unpaired) electrons. The van der Waals surface area contributed by atoms with Gasteiger partial charge in [-0.05, 0) is 50.3 Å². The monoisotopic (exact) mass is 264 g/mol. The molecule has 2 rings (SSSR count). The maximum absolute atomic E-state index is 6.11. The van der Waals surface area contributed by atoms with Crippen LogP contribution in [0.4, 0.5) is 11.4 Å². The summed E-state index contributed by atoms with van der Waals surface area (Å²) in [5, 5.41) is 0. The van der Waals surface area contributed by atoms with Crippen LogP contribution < -0.4 is 16.2 Å². The van der Waals surface area contributed by atoms with Crippen LogP contribution in [0.25, 0.3) is 0 Å². The minimum absolute atomic E-state index is 0.0732. The first-order valence-electron chi connectivity index (χ1n) is 7.00. The molecule has 19 heavy (non-hydrogen) atoms. The Morgan fingerprint density at radius 3 is 2.74 bits per heavy atom. The van der Waals surface area contributed by atoms with E-state index in [1.807, 2.05) is 13.8 Å². The number of anilines is 2. The molecule has 1 atom stereocenters. The van der Waals surface area contributed by atoms with Crippen LogP contribution in [0.1, 0.15) is 38.3 Å². The Hall–Kier alpha value is -1.42. The number of fused-ring (bicyclic) bond motifs is 1. The van der Waals surface area contributed by atoms with E-state index in [4.69, 9.17) is 20.9 Å². The Morgan fingerprint density at radius 1 is 1.37 bits per heavy atom. The molecule has 0 bridgehead atoms. The van der Waals surface area contributed by atoms with Gasteiger partial charge in [-0.3, -0.25) is 0 Å². The number of ether oxygens (including phenoxy) is 2. The van der Waals surface area contributed by atoms with E-state index >= 15 is 0 Å². The molecular formula is C15H24N2O2. The molecule has 1 aliphatic rings. The third-order valence-corrected chi connectivity index (χ3v) is 3.54. The fourth-order valence-corrected chi connectivity index (χ4v) is 2.40. The van der Waals surface area contributed by atoms with Gasteiger partial charge in [-0.25, -0.2) is 0 Å². The molecule has 4 heteroatoms. The molecule has 106 valence electrons. The van der Waals surface area contributed by atoms with Gasteiger partial charge in [0.05, 0.1) is 24.1 Å². The number of hydrogen-bond donors (Lipinski definition) is 2. The highest BCUT2D eigenvalue weighted by Crippen LogP contribution is 2.39. The molecule has 0 saturated heterocycles. The Labute approximate surface area is 115 Å². The summed E-state index contributed by atoms with van der Waals surface area (Å²) in [4.78, 5) is 0. The van der Waals surface area contributed by atoms with Gasteiger partial charge in [-0.15, -0.1) is 0 Å². The molecule has 1 aromatic carbocycles. The van der Waals surface area contributed by atoms with Crippen LogP contribution in [0.5, 0.6) is 5.75 Å². The highest BCUT2D eigenvalue weighted by molar-refractivity contribution is 5.76. The lowest BCUT2D eigenvalue weighted by Gasteiger charge is -2.29. The van der Waals surface area contributed by atoms with E-state index in [0.717, 1.165) is 30.6 Å². The van der Waals surface area contributed by atoms with E-state index in [9.17, 15) is 0 Å². The van der Waals surface area contributed by atoms with Crippen LogP contribution in [-0.4, -0.2) is 18.8 Å². The highest BCUT2D eigenvalue weighted by atomic mass is 16.5. The summed E-state index contributed by atoms with van der Waals surface area (Å²) in [5.41, 5.74) is 15.7. The molecule has 4 nitrogen and oxygen atoms in total. The SMILES string of the molecule is CCc1cc2c(c(N)c1N)OC(COC(C)C)CC2. The second kappa shape index (κ2) is 5.70. The fourth-order valence-electron chi connectivity index (χ4n) is 2.40. The molecule has 4 N–H and O–H groups in total. The highest BCUT2D eigenvalue weighted by Gasteiger charge is 2.24. The van der Waals surface area contributed by atoms with Gasteiger partial charge >= 0.3 is 0 Å². The quantitative estimate of drug-likeness (QED) is 0.820. The van der Waals surface area contributed by atoms with Crippen molar-refractivity contribution in [1.29, 1.82) is 0 Å². The molecule has 0 saturated carbocycles. The first-order valence-corrected chi connectivity index (χ1v) is 7.00. The number of nitrogens with two attached hydrogens (primary N) is 2. The lowest BCUT2D eigenvalue weighted by molar-refractivity contribution is 0.00926. The van der Waals surface area contributed by atoms with Gasteiger partial charge in [0.15, 0.2) is 0 Å². The molecule has 1 heterocycles. The van der Waals surface area contributed by atoms with Crippen LogP contribution in [0.3, 0.4) is 0 Å². The minimum atomic E-state index is 0.0732. The molecule has 1 aliphatic heterocycles. The lowest BCUT2D eigenvalue weighted by atomic mass is 9.96. The number of benzene rings is 1. The topological polar surface area (TPSA) is 70.5 Å². The molecule has 0 amide bonds. The van der Waals surface area contributed by atoms with Crippen molar-refractivity contribution in [2.75, 3.05) is 18.1 Å². The van der Waals surface area contributed by atoms with Crippen LogP contribution in [0, 0.1) is 0 Å². The summed E-state index contributed by atoms with van der Waals surface area (Å²) in [7, 11) is 0. The van der Waals surface area contributed by atoms with Crippen LogP contribution in [-0.2, 0) is 17.6 Å². The average Bonchev–Trinajstić information content (AvgIpc) is 2.40. The van der Waals surface area contributed by atoms with Gasteiger partial charge in [0.25, 0.3) is 0 Å². The van der Waals surface area contributed by atoms with Gasteiger partial charge in [0.1, 0.15) is 11.9 Å². The van der Waals surface area contributed by atoms with E-state index in [2.05, 4.69) is 13.0 Å². The van der Waals surface area contributed by atoms with Crippen molar-refractivity contribution in [2.45, 2.75) is 52.2 Å². The van der Waals surface area contributed by atoms with Crippen LogP contribution >= 0.6 is 0 Å². The predicted octanol–water partition coefficient (Wildman–Crippen LogP) is 2.53. The van der Waals surface area contributed by atoms with E-state index in [1.54, 1.807) is 0 Å². The van der Waals surface area contributed by atoms with Crippen molar-refractivity contribution >= 4 is 11.4 Å². The predicted molar refractivity (Wildman–Crippen MR) is 78.5 cm³/mol. The second-order valence-corrected chi connectivity index (χ2v) is 5.37. The number of rotatable bonds is 4. The first-order chi connectivity index (χ1) is 9.02. The summed E-state index contributed by atoms with van der Waals surface area (Å²) < 4.78 is 11.6. The van der Waals surface area contributed by atoms with Crippen molar-refractivity contribution in [1.82, 2.24) is 0 Å². The molecule has 1 unspecified atom stereocenters. The molecule has 0 aromatic heterocycles. The van der Waals surface area contributed by atoms with Gasteiger partial charge in [-0.2, -0.15) is 0 Å². The molecule has 0 aliphatic carbocycles. The van der Waals surface area contributed by atoms with Gasteiger partial charge in [-0.1, -0.05) is 6.92 Å².